The largest absolute Gasteiger partial charge is 0.493 e. The fraction of sp³-hybridized carbons (Fsp3) is 0.588. The zero-order chi connectivity index (χ0) is 14.4. The molecule has 0 amide bonds. The van der Waals surface area contributed by atoms with Crippen LogP contribution in [0.1, 0.15) is 54.9 Å². The fourth-order valence-electron chi connectivity index (χ4n) is 2.60. The Morgan fingerprint density at radius 2 is 2.25 bits per heavy atom. The molecule has 0 radical (unpaired) electrons. The molecule has 1 fully saturated rings. The average Bonchev–Trinajstić information content (AvgIpc) is 2.48. The molecule has 1 aliphatic heterocycles. The first-order valence-electron chi connectivity index (χ1n) is 7.59. The Labute approximate surface area is 121 Å². The van der Waals surface area contributed by atoms with Crippen LogP contribution in [0.15, 0.2) is 18.2 Å². The van der Waals surface area contributed by atoms with Gasteiger partial charge in [-0.15, -0.1) is 0 Å². The summed E-state index contributed by atoms with van der Waals surface area (Å²) in [6.07, 6.45) is 5.06. The van der Waals surface area contributed by atoms with Gasteiger partial charge in [-0.2, -0.15) is 0 Å². The fourth-order valence-corrected chi connectivity index (χ4v) is 2.60. The number of ketones is 1. The highest BCUT2D eigenvalue weighted by Gasteiger charge is 2.18. The quantitative estimate of drug-likeness (QED) is 0.739. The summed E-state index contributed by atoms with van der Waals surface area (Å²) >= 11 is 0. The van der Waals surface area contributed by atoms with Crippen molar-refractivity contribution in [2.45, 2.75) is 52.1 Å². The molecule has 0 aliphatic carbocycles. The molecule has 1 aromatic carbocycles. The lowest BCUT2D eigenvalue weighted by atomic mass is 9.99. The monoisotopic (exact) mass is 276 g/mol. The van der Waals surface area contributed by atoms with Crippen LogP contribution in [0.25, 0.3) is 0 Å². The van der Waals surface area contributed by atoms with Crippen molar-refractivity contribution in [2.75, 3.05) is 13.2 Å². The molecule has 1 aromatic rings. The summed E-state index contributed by atoms with van der Waals surface area (Å²) in [5, 5.41) is 0. The summed E-state index contributed by atoms with van der Waals surface area (Å²) in [6.45, 7) is 5.35. The lowest BCUT2D eigenvalue weighted by Crippen LogP contribution is -2.20. The number of benzene rings is 1. The predicted molar refractivity (Wildman–Crippen MR) is 79.5 cm³/mol. The maximum Gasteiger partial charge on any atom is 0.166 e. The summed E-state index contributed by atoms with van der Waals surface area (Å²) in [7, 11) is 0. The van der Waals surface area contributed by atoms with Gasteiger partial charge in [-0.3, -0.25) is 4.79 Å². The van der Waals surface area contributed by atoms with Crippen LogP contribution in [0.3, 0.4) is 0 Å². The third kappa shape index (κ3) is 4.07. The van der Waals surface area contributed by atoms with E-state index in [-0.39, 0.29) is 11.9 Å². The standard InChI is InChI=1S/C17H24O3/c1-3-19-17-10-7-13(2)12-15(17)16(18)9-8-14-6-4-5-11-20-14/h7,10,12,14H,3-6,8-9,11H2,1-2H3. The van der Waals surface area contributed by atoms with E-state index < -0.39 is 0 Å². The topological polar surface area (TPSA) is 35.5 Å². The number of carbonyl (C=O) groups excluding carboxylic acids is 1. The van der Waals surface area contributed by atoms with Crippen LogP contribution in [-0.4, -0.2) is 25.1 Å². The molecule has 3 nitrogen and oxygen atoms in total. The Morgan fingerprint density at radius 1 is 1.40 bits per heavy atom. The van der Waals surface area contributed by atoms with Crippen LogP contribution in [0.4, 0.5) is 0 Å². The van der Waals surface area contributed by atoms with Gasteiger partial charge in [0, 0.05) is 13.0 Å². The van der Waals surface area contributed by atoms with Crippen molar-refractivity contribution in [1.82, 2.24) is 0 Å². The maximum atomic E-state index is 12.4. The molecule has 1 atom stereocenters. The molecule has 1 saturated heterocycles. The Morgan fingerprint density at radius 3 is 2.95 bits per heavy atom. The van der Waals surface area contributed by atoms with Gasteiger partial charge >= 0.3 is 0 Å². The molecule has 1 unspecified atom stereocenters. The first kappa shape index (κ1) is 15.0. The molecular formula is C17H24O3. The lowest BCUT2D eigenvalue weighted by Gasteiger charge is -2.22. The zero-order valence-electron chi connectivity index (χ0n) is 12.5. The number of carbonyl (C=O) groups is 1. The number of rotatable bonds is 6. The molecule has 110 valence electrons. The second-order valence-corrected chi connectivity index (χ2v) is 5.38. The van der Waals surface area contributed by atoms with E-state index in [1.807, 2.05) is 32.0 Å². The number of hydrogen-bond donors (Lipinski definition) is 0. The number of ether oxygens (including phenoxy) is 2. The van der Waals surface area contributed by atoms with E-state index >= 15 is 0 Å². The second kappa shape index (κ2) is 7.44. The summed E-state index contributed by atoms with van der Waals surface area (Å²) < 4.78 is 11.2. The zero-order valence-corrected chi connectivity index (χ0v) is 12.5. The first-order chi connectivity index (χ1) is 9.70. The van der Waals surface area contributed by atoms with Crippen LogP contribution >= 0.6 is 0 Å². The minimum atomic E-state index is 0.159. The van der Waals surface area contributed by atoms with Crippen molar-refractivity contribution in [2.24, 2.45) is 0 Å². The molecule has 0 N–H and O–H groups in total. The third-order valence-corrected chi connectivity index (χ3v) is 3.70. The molecule has 0 spiro atoms. The Balaban J connectivity index is 1.98. The third-order valence-electron chi connectivity index (χ3n) is 3.70. The summed E-state index contributed by atoms with van der Waals surface area (Å²) in [5.74, 6) is 0.860. The molecule has 2 rings (SSSR count). The summed E-state index contributed by atoms with van der Waals surface area (Å²) in [4.78, 5) is 12.4. The second-order valence-electron chi connectivity index (χ2n) is 5.38. The van der Waals surface area contributed by atoms with E-state index in [1.54, 1.807) is 0 Å². The van der Waals surface area contributed by atoms with Crippen molar-refractivity contribution in [3.63, 3.8) is 0 Å². The van der Waals surface area contributed by atoms with Crippen LogP contribution in [0.2, 0.25) is 0 Å². The highest BCUT2D eigenvalue weighted by molar-refractivity contribution is 5.98. The number of hydrogen-bond acceptors (Lipinski definition) is 3. The van der Waals surface area contributed by atoms with Crippen LogP contribution in [0.5, 0.6) is 5.75 Å². The molecule has 20 heavy (non-hydrogen) atoms. The van der Waals surface area contributed by atoms with Crippen molar-refractivity contribution in [1.29, 1.82) is 0 Å². The maximum absolute atomic E-state index is 12.4. The van der Waals surface area contributed by atoms with E-state index in [0.717, 1.165) is 31.4 Å². The minimum absolute atomic E-state index is 0.159. The van der Waals surface area contributed by atoms with Gasteiger partial charge in [0.25, 0.3) is 0 Å². The van der Waals surface area contributed by atoms with Gasteiger partial charge in [-0.1, -0.05) is 11.6 Å². The van der Waals surface area contributed by atoms with Gasteiger partial charge in [-0.25, -0.2) is 0 Å². The van der Waals surface area contributed by atoms with Gasteiger partial charge in [0.1, 0.15) is 5.75 Å². The smallest absolute Gasteiger partial charge is 0.166 e. The molecule has 0 saturated carbocycles. The molecule has 1 aliphatic rings. The predicted octanol–water partition coefficient (Wildman–Crippen LogP) is 3.93. The highest BCUT2D eigenvalue weighted by Crippen LogP contribution is 2.24. The van der Waals surface area contributed by atoms with Crippen molar-refractivity contribution in [3.05, 3.63) is 29.3 Å². The normalized spacial score (nSPS) is 18.8. The van der Waals surface area contributed by atoms with Crippen LogP contribution < -0.4 is 4.74 Å². The summed E-state index contributed by atoms with van der Waals surface area (Å²) in [5.41, 5.74) is 1.80. The summed E-state index contributed by atoms with van der Waals surface area (Å²) in [6, 6.07) is 5.80. The molecule has 0 bridgehead atoms. The average molecular weight is 276 g/mol. The lowest BCUT2D eigenvalue weighted by molar-refractivity contribution is 0.0104. The Hall–Kier alpha value is -1.35. The van der Waals surface area contributed by atoms with E-state index in [4.69, 9.17) is 9.47 Å². The number of Topliss-reactive ketones (excluding diaryl/α,β-unsaturated/α-hetero) is 1. The van der Waals surface area contributed by atoms with Gasteiger partial charge < -0.3 is 9.47 Å². The van der Waals surface area contributed by atoms with Gasteiger partial charge in [0.15, 0.2) is 5.78 Å². The van der Waals surface area contributed by atoms with Crippen molar-refractivity contribution >= 4 is 5.78 Å². The van der Waals surface area contributed by atoms with Gasteiger partial charge in [0.2, 0.25) is 0 Å². The van der Waals surface area contributed by atoms with Crippen molar-refractivity contribution < 1.29 is 14.3 Å². The van der Waals surface area contributed by atoms with Crippen LogP contribution in [-0.2, 0) is 4.74 Å². The van der Waals surface area contributed by atoms with Gasteiger partial charge in [0.05, 0.1) is 18.3 Å². The van der Waals surface area contributed by atoms with E-state index in [2.05, 4.69) is 0 Å². The molecule has 0 aromatic heterocycles. The Bertz CT molecular complexity index is 448. The SMILES string of the molecule is CCOc1ccc(C)cc1C(=O)CCC1CCCCO1. The van der Waals surface area contributed by atoms with Gasteiger partial charge in [-0.05, 0) is 51.7 Å². The van der Waals surface area contributed by atoms with Crippen LogP contribution in [0, 0.1) is 6.92 Å². The van der Waals surface area contributed by atoms with E-state index in [0.29, 0.717) is 24.3 Å². The molecular weight excluding hydrogens is 252 g/mol. The minimum Gasteiger partial charge on any atom is -0.493 e. The van der Waals surface area contributed by atoms with E-state index in [1.165, 1.54) is 6.42 Å². The Kier molecular flexibility index (Phi) is 5.60. The number of aryl methyl sites for hydroxylation is 1. The molecule has 1 heterocycles. The first-order valence-corrected chi connectivity index (χ1v) is 7.59. The molecule has 3 heteroatoms. The van der Waals surface area contributed by atoms with Crippen molar-refractivity contribution in [3.8, 4) is 5.75 Å². The highest BCUT2D eigenvalue weighted by atomic mass is 16.5. The van der Waals surface area contributed by atoms with E-state index in [9.17, 15) is 4.79 Å².